The van der Waals surface area contributed by atoms with Gasteiger partial charge >= 0.3 is 5.97 Å². The molecule has 0 fully saturated rings. The van der Waals surface area contributed by atoms with E-state index in [4.69, 9.17) is 15.6 Å². The monoisotopic (exact) mass is 287 g/mol. The van der Waals surface area contributed by atoms with Crippen LogP contribution in [0.2, 0.25) is 0 Å². The maximum atomic E-state index is 11.1. The third-order valence-corrected chi connectivity index (χ3v) is 3.02. The number of rotatable bonds is 6. The Kier molecular flexibility index (Phi) is 4.73. The molecule has 0 aliphatic rings. The summed E-state index contributed by atoms with van der Waals surface area (Å²) in [5.41, 5.74) is 7.69. The summed E-state index contributed by atoms with van der Waals surface area (Å²) in [7, 11) is 1.65. The molecule has 0 amide bonds. The van der Waals surface area contributed by atoms with Crippen LogP contribution in [0.25, 0.3) is 0 Å². The van der Waals surface area contributed by atoms with Gasteiger partial charge in [-0.05, 0) is 24.1 Å². The summed E-state index contributed by atoms with van der Waals surface area (Å²) in [6, 6.07) is 9.15. The molecule has 110 valence electrons. The highest BCUT2D eigenvalue weighted by molar-refractivity contribution is 5.94. The minimum atomic E-state index is -1.08. The summed E-state index contributed by atoms with van der Waals surface area (Å²) in [4.78, 5) is 15.2. The molecule has 0 saturated heterocycles. The van der Waals surface area contributed by atoms with Crippen LogP contribution in [0.15, 0.2) is 36.5 Å². The van der Waals surface area contributed by atoms with Gasteiger partial charge in [0, 0.05) is 12.8 Å². The number of nitrogens with zero attached hydrogens (tertiary/aromatic N) is 1. The van der Waals surface area contributed by atoms with Crippen molar-refractivity contribution in [3.05, 3.63) is 47.7 Å². The van der Waals surface area contributed by atoms with E-state index in [2.05, 4.69) is 10.3 Å². The molecule has 0 aliphatic carbocycles. The van der Waals surface area contributed by atoms with Crippen LogP contribution in [0.5, 0.6) is 0 Å². The Hall–Kier alpha value is -2.60. The second kappa shape index (κ2) is 6.71. The van der Waals surface area contributed by atoms with Gasteiger partial charge in [0.25, 0.3) is 0 Å². The molecule has 0 radical (unpaired) electrons. The first-order valence-corrected chi connectivity index (χ1v) is 6.44. The Balaban J connectivity index is 2.26. The van der Waals surface area contributed by atoms with E-state index in [0.29, 0.717) is 12.4 Å². The first kappa shape index (κ1) is 14.8. The average molecular weight is 287 g/mol. The number of carboxylic acid groups (broad SMARTS) is 1. The minimum absolute atomic E-state index is 0.0295. The van der Waals surface area contributed by atoms with E-state index in [1.165, 1.54) is 12.3 Å². The van der Waals surface area contributed by atoms with Crippen LogP contribution in [0.3, 0.4) is 0 Å². The lowest BCUT2D eigenvalue weighted by Crippen LogP contribution is -2.06. The van der Waals surface area contributed by atoms with Crippen molar-refractivity contribution in [2.75, 3.05) is 24.8 Å². The zero-order chi connectivity index (χ0) is 15.2. The van der Waals surface area contributed by atoms with Crippen molar-refractivity contribution in [3.63, 3.8) is 0 Å². The summed E-state index contributed by atoms with van der Waals surface area (Å²) in [6.07, 6.45) is 2.09. The van der Waals surface area contributed by atoms with Crippen LogP contribution in [-0.2, 0) is 11.2 Å². The molecule has 6 nitrogen and oxygen atoms in total. The molecule has 0 atom stereocenters. The van der Waals surface area contributed by atoms with Gasteiger partial charge in [0.1, 0.15) is 5.82 Å². The van der Waals surface area contributed by atoms with Gasteiger partial charge in [0.2, 0.25) is 0 Å². The second-order valence-electron chi connectivity index (χ2n) is 4.49. The van der Waals surface area contributed by atoms with Gasteiger partial charge in [-0.15, -0.1) is 0 Å². The fourth-order valence-corrected chi connectivity index (χ4v) is 1.93. The summed E-state index contributed by atoms with van der Waals surface area (Å²) in [6.45, 7) is 0.605. The lowest BCUT2D eigenvalue weighted by Gasteiger charge is -2.12. The number of benzene rings is 1. The summed E-state index contributed by atoms with van der Waals surface area (Å²) < 4.78 is 5.08. The molecule has 2 aromatic rings. The van der Waals surface area contributed by atoms with E-state index in [1.807, 2.05) is 24.3 Å². The van der Waals surface area contributed by atoms with Crippen molar-refractivity contribution in [3.8, 4) is 0 Å². The lowest BCUT2D eigenvalue weighted by atomic mass is 10.1. The number of nitrogens with one attached hydrogen (secondary N) is 1. The second-order valence-corrected chi connectivity index (χ2v) is 4.49. The minimum Gasteiger partial charge on any atom is -0.478 e. The van der Waals surface area contributed by atoms with Crippen LogP contribution < -0.4 is 11.1 Å². The quantitative estimate of drug-likeness (QED) is 0.754. The molecule has 1 heterocycles. The van der Waals surface area contributed by atoms with Crippen molar-refractivity contribution in [2.45, 2.75) is 6.42 Å². The van der Waals surface area contributed by atoms with Crippen LogP contribution in [-0.4, -0.2) is 29.8 Å². The van der Waals surface area contributed by atoms with Crippen molar-refractivity contribution in [2.24, 2.45) is 0 Å². The predicted molar refractivity (Wildman–Crippen MR) is 80.9 cm³/mol. The normalized spacial score (nSPS) is 10.3. The first-order chi connectivity index (χ1) is 10.1. The fraction of sp³-hybridized carbons (Fsp3) is 0.200. The highest BCUT2D eigenvalue weighted by atomic mass is 16.5. The number of hydrogen-bond acceptors (Lipinski definition) is 5. The maximum Gasteiger partial charge on any atom is 0.337 e. The van der Waals surface area contributed by atoms with Crippen molar-refractivity contribution < 1.29 is 14.6 Å². The standard InChI is InChI=1S/C15H17N3O3/c1-21-7-6-10-4-2-3-5-13(10)18-14-8-11(15(19)20)12(16)9-17-14/h2-5,8-9H,6-7,16H2,1H3,(H,17,18)(H,19,20). The number of hydrogen-bond donors (Lipinski definition) is 3. The molecular weight excluding hydrogens is 270 g/mol. The Labute approximate surface area is 122 Å². The Morgan fingerprint density at radius 3 is 2.90 bits per heavy atom. The SMILES string of the molecule is COCCc1ccccc1Nc1cc(C(=O)O)c(N)cn1. The van der Waals surface area contributed by atoms with E-state index in [0.717, 1.165) is 17.7 Å². The lowest BCUT2D eigenvalue weighted by molar-refractivity contribution is 0.0698. The van der Waals surface area contributed by atoms with E-state index in [9.17, 15) is 4.79 Å². The van der Waals surface area contributed by atoms with Gasteiger partial charge in [-0.3, -0.25) is 0 Å². The highest BCUT2D eigenvalue weighted by Gasteiger charge is 2.10. The zero-order valence-electron chi connectivity index (χ0n) is 11.7. The van der Waals surface area contributed by atoms with Crippen LogP contribution in [0, 0.1) is 0 Å². The predicted octanol–water partition coefficient (Wildman–Crippen LogP) is 2.29. The zero-order valence-corrected chi connectivity index (χ0v) is 11.7. The number of carbonyl (C=O) groups is 1. The van der Waals surface area contributed by atoms with Gasteiger partial charge in [0.05, 0.1) is 24.1 Å². The molecule has 0 bridgehead atoms. The molecule has 0 spiro atoms. The number of carboxylic acids is 1. The van der Waals surface area contributed by atoms with E-state index in [1.54, 1.807) is 7.11 Å². The highest BCUT2D eigenvalue weighted by Crippen LogP contribution is 2.22. The van der Waals surface area contributed by atoms with Crippen molar-refractivity contribution in [1.29, 1.82) is 0 Å². The maximum absolute atomic E-state index is 11.1. The Morgan fingerprint density at radius 1 is 1.43 bits per heavy atom. The number of ether oxygens (including phenoxy) is 1. The molecule has 21 heavy (non-hydrogen) atoms. The number of para-hydroxylation sites is 1. The summed E-state index contributed by atoms with van der Waals surface area (Å²) in [5.74, 6) is -0.642. The number of methoxy groups -OCH3 is 1. The smallest absolute Gasteiger partial charge is 0.337 e. The van der Waals surface area contributed by atoms with E-state index >= 15 is 0 Å². The van der Waals surface area contributed by atoms with Gasteiger partial charge in [-0.25, -0.2) is 9.78 Å². The van der Waals surface area contributed by atoms with Crippen LogP contribution >= 0.6 is 0 Å². The fourth-order valence-electron chi connectivity index (χ4n) is 1.93. The third-order valence-electron chi connectivity index (χ3n) is 3.02. The Morgan fingerprint density at radius 2 is 2.19 bits per heavy atom. The molecule has 2 rings (SSSR count). The molecular formula is C15H17N3O3. The Bertz CT molecular complexity index is 644. The topological polar surface area (TPSA) is 97.5 Å². The van der Waals surface area contributed by atoms with Crippen LogP contribution in [0.1, 0.15) is 15.9 Å². The largest absolute Gasteiger partial charge is 0.478 e. The first-order valence-electron chi connectivity index (χ1n) is 6.44. The van der Waals surface area contributed by atoms with Gasteiger partial charge in [0.15, 0.2) is 0 Å². The number of aromatic nitrogens is 1. The van der Waals surface area contributed by atoms with Gasteiger partial charge in [-0.2, -0.15) is 0 Å². The molecule has 1 aromatic heterocycles. The molecule has 1 aromatic carbocycles. The van der Waals surface area contributed by atoms with E-state index in [-0.39, 0.29) is 11.3 Å². The number of aromatic carboxylic acids is 1. The number of nitrogens with two attached hydrogens (primary N) is 1. The van der Waals surface area contributed by atoms with E-state index < -0.39 is 5.97 Å². The summed E-state index contributed by atoms with van der Waals surface area (Å²) >= 11 is 0. The molecule has 4 N–H and O–H groups in total. The van der Waals surface area contributed by atoms with Crippen LogP contribution in [0.4, 0.5) is 17.2 Å². The molecule has 0 aliphatic heterocycles. The van der Waals surface area contributed by atoms with Crippen molar-refractivity contribution >= 4 is 23.2 Å². The molecule has 0 unspecified atom stereocenters. The number of nitrogen functional groups attached to an aromatic ring is 1. The average Bonchev–Trinajstić information content (AvgIpc) is 2.48. The summed E-state index contributed by atoms with van der Waals surface area (Å²) in [5, 5.41) is 12.2. The number of anilines is 3. The van der Waals surface area contributed by atoms with Crippen molar-refractivity contribution in [1.82, 2.24) is 4.98 Å². The van der Waals surface area contributed by atoms with Gasteiger partial charge < -0.3 is 20.9 Å². The molecule has 6 heteroatoms. The third kappa shape index (κ3) is 3.70. The number of pyridine rings is 1. The van der Waals surface area contributed by atoms with Gasteiger partial charge in [-0.1, -0.05) is 18.2 Å². The molecule has 0 saturated carbocycles.